The Bertz CT molecular complexity index is 968. The van der Waals surface area contributed by atoms with Crippen LogP contribution in [0.1, 0.15) is 34.2 Å². The number of rotatable bonds is 3. The first-order chi connectivity index (χ1) is 13.4. The molecule has 0 N–H and O–H groups in total. The molecule has 0 radical (unpaired) electrons. The van der Waals surface area contributed by atoms with Gasteiger partial charge in [-0.1, -0.05) is 47.6 Å². The zero-order valence-corrected chi connectivity index (χ0v) is 14.7. The predicted octanol–water partition coefficient (Wildman–Crippen LogP) is 4.39. The fraction of sp³-hybridized carbons (Fsp3) is 0.250. The van der Waals surface area contributed by atoms with Gasteiger partial charge in [0.2, 0.25) is 5.82 Å². The van der Waals surface area contributed by atoms with E-state index < -0.39 is 12.1 Å². The molecule has 0 unspecified atom stereocenters. The van der Waals surface area contributed by atoms with Crippen molar-refractivity contribution in [1.29, 1.82) is 0 Å². The first kappa shape index (κ1) is 18.2. The summed E-state index contributed by atoms with van der Waals surface area (Å²) in [5, 5.41) is 3.35. The number of hydrogen-bond donors (Lipinski definition) is 0. The molecule has 28 heavy (non-hydrogen) atoms. The number of hydrogen-bond acceptors (Lipinski definition) is 4. The second-order valence-electron chi connectivity index (χ2n) is 6.65. The minimum absolute atomic E-state index is 0.103. The van der Waals surface area contributed by atoms with Crippen LogP contribution in [0.2, 0.25) is 0 Å². The van der Waals surface area contributed by atoms with E-state index in [9.17, 15) is 18.0 Å². The number of halogens is 3. The molecule has 0 saturated carbocycles. The molecule has 1 saturated heterocycles. The lowest BCUT2D eigenvalue weighted by molar-refractivity contribution is -0.159. The molecule has 1 fully saturated rings. The molecule has 0 aliphatic carbocycles. The van der Waals surface area contributed by atoms with E-state index in [2.05, 4.69) is 26.8 Å². The van der Waals surface area contributed by atoms with E-state index in [0.717, 1.165) is 6.42 Å². The maximum Gasteiger partial charge on any atom is 0.471 e. The Labute approximate surface area is 158 Å². The van der Waals surface area contributed by atoms with Crippen molar-refractivity contribution in [2.75, 3.05) is 13.1 Å². The number of carbonyl (C=O) groups excluding carboxylic acids is 1. The van der Waals surface area contributed by atoms with E-state index in [1.807, 2.05) is 18.2 Å². The van der Waals surface area contributed by atoms with Gasteiger partial charge in [-0.05, 0) is 24.1 Å². The quantitative estimate of drug-likeness (QED) is 0.669. The lowest BCUT2D eigenvalue weighted by Gasteiger charge is -2.17. The van der Waals surface area contributed by atoms with Gasteiger partial charge < -0.3 is 9.42 Å². The molecule has 1 amide bonds. The zero-order chi connectivity index (χ0) is 19.7. The molecule has 0 spiro atoms. The summed E-state index contributed by atoms with van der Waals surface area (Å²) >= 11 is 0. The highest BCUT2D eigenvalue weighted by atomic mass is 19.4. The maximum absolute atomic E-state index is 12.7. The SMILES string of the molecule is O=C(c1ccc(-c2noc(C(F)(F)F)n2)cc1)N1CC[C@H](c2ccccc2)C1. The minimum Gasteiger partial charge on any atom is -0.338 e. The number of benzene rings is 2. The predicted molar refractivity (Wildman–Crippen MR) is 94.4 cm³/mol. The van der Waals surface area contributed by atoms with Crippen molar-refractivity contribution < 1.29 is 22.5 Å². The van der Waals surface area contributed by atoms with Gasteiger partial charge in [0.25, 0.3) is 5.91 Å². The van der Waals surface area contributed by atoms with Crippen molar-refractivity contribution in [1.82, 2.24) is 15.0 Å². The molecule has 0 bridgehead atoms. The largest absolute Gasteiger partial charge is 0.471 e. The first-order valence-electron chi connectivity index (χ1n) is 8.77. The van der Waals surface area contributed by atoms with Gasteiger partial charge in [0.1, 0.15) is 0 Å². The van der Waals surface area contributed by atoms with Crippen LogP contribution < -0.4 is 0 Å². The summed E-state index contributed by atoms with van der Waals surface area (Å²) in [4.78, 5) is 17.9. The van der Waals surface area contributed by atoms with Crippen molar-refractivity contribution in [2.24, 2.45) is 0 Å². The second-order valence-corrected chi connectivity index (χ2v) is 6.65. The van der Waals surface area contributed by atoms with E-state index >= 15 is 0 Å². The average molecular weight is 387 g/mol. The van der Waals surface area contributed by atoms with Crippen LogP contribution >= 0.6 is 0 Å². The molecule has 5 nitrogen and oxygen atoms in total. The normalized spacial score (nSPS) is 17.1. The van der Waals surface area contributed by atoms with Crippen molar-refractivity contribution >= 4 is 5.91 Å². The Morgan fingerprint density at radius 1 is 1.07 bits per heavy atom. The summed E-state index contributed by atoms with van der Waals surface area (Å²) in [5.74, 6) is -1.36. The molecule has 1 aliphatic rings. The van der Waals surface area contributed by atoms with E-state index in [0.29, 0.717) is 30.1 Å². The van der Waals surface area contributed by atoms with Gasteiger partial charge >= 0.3 is 12.1 Å². The summed E-state index contributed by atoms with van der Waals surface area (Å²) in [5.41, 5.74) is 2.03. The number of amides is 1. The van der Waals surface area contributed by atoms with Crippen molar-refractivity contribution in [2.45, 2.75) is 18.5 Å². The van der Waals surface area contributed by atoms with Gasteiger partial charge in [-0.3, -0.25) is 4.79 Å². The lowest BCUT2D eigenvalue weighted by atomic mass is 9.99. The number of aromatic nitrogens is 2. The van der Waals surface area contributed by atoms with Gasteiger partial charge in [-0.2, -0.15) is 18.2 Å². The van der Waals surface area contributed by atoms with Crippen LogP contribution in [0.4, 0.5) is 13.2 Å². The smallest absolute Gasteiger partial charge is 0.338 e. The van der Waals surface area contributed by atoms with Crippen molar-refractivity contribution in [3.63, 3.8) is 0 Å². The fourth-order valence-corrected chi connectivity index (χ4v) is 3.34. The fourth-order valence-electron chi connectivity index (χ4n) is 3.34. The average Bonchev–Trinajstić information content (AvgIpc) is 3.38. The molecule has 144 valence electrons. The molecular formula is C20H16F3N3O2. The highest BCUT2D eigenvalue weighted by molar-refractivity contribution is 5.94. The monoisotopic (exact) mass is 387 g/mol. The summed E-state index contributed by atoms with van der Waals surface area (Å²) in [6.07, 6.45) is -3.79. The number of alkyl halides is 3. The van der Waals surface area contributed by atoms with Crippen LogP contribution in [0.5, 0.6) is 0 Å². The molecular weight excluding hydrogens is 371 g/mol. The Hall–Kier alpha value is -3.16. The third-order valence-electron chi connectivity index (χ3n) is 4.81. The molecule has 4 rings (SSSR count). The van der Waals surface area contributed by atoms with Gasteiger partial charge in [0.05, 0.1) is 0 Å². The van der Waals surface area contributed by atoms with E-state index in [-0.39, 0.29) is 11.7 Å². The Morgan fingerprint density at radius 2 is 1.79 bits per heavy atom. The zero-order valence-electron chi connectivity index (χ0n) is 14.7. The minimum atomic E-state index is -4.69. The van der Waals surface area contributed by atoms with Gasteiger partial charge in [-0.15, -0.1) is 0 Å². The maximum atomic E-state index is 12.7. The van der Waals surface area contributed by atoms with Gasteiger partial charge in [0.15, 0.2) is 0 Å². The molecule has 3 aromatic rings. The topological polar surface area (TPSA) is 59.2 Å². The molecule has 2 heterocycles. The second kappa shape index (κ2) is 7.10. The van der Waals surface area contributed by atoms with Crippen LogP contribution in [0.15, 0.2) is 59.1 Å². The Balaban J connectivity index is 1.45. The van der Waals surface area contributed by atoms with E-state index in [4.69, 9.17) is 0 Å². The number of nitrogens with zero attached hydrogens (tertiary/aromatic N) is 3. The first-order valence-corrected chi connectivity index (χ1v) is 8.77. The van der Waals surface area contributed by atoms with Crippen molar-refractivity contribution in [3.8, 4) is 11.4 Å². The van der Waals surface area contributed by atoms with E-state index in [1.165, 1.54) is 17.7 Å². The molecule has 2 aromatic carbocycles. The molecule has 8 heteroatoms. The summed E-state index contributed by atoms with van der Waals surface area (Å²) in [6, 6.07) is 16.2. The van der Waals surface area contributed by atoms with Gasteiger partial charge in [0, 0.05) is 30.1 Å². The van der Waals surface area contributed by atoms with Crippen LogP contribution in [0, 0.1) is 0 Å². The highest BCUT2D eigenvalue weighted by Gasteiger charge is 2.38. The van der Waals surface area contributed by atoms with Crippen LogP contribution in [0.25, 0.3) is 11.4 Å². The molecule has 1 atom stereocenters. The highest BCUT2D eigenvalue weighted by Crippen LogP contribution is 2.30. The summed E-state index contributed by atoms with van der Waals surface area (Å²) in [7, 11) is 0. The number of carbonyl (C=O) groups is 1. The van der Waals surface area contributed by atoms with Gasteiger partial charge in [-0.25, -0.2) is 0 Å². The Morgan fingerprint density at radius 3 is 2.43 bits per heavy atom. The molecule has 1 aromatic heterocycles. The van der Waals surface area contributed by atoms with Crippen molar-refractivity contribution in [3.05, 3.63) is 71.6 Å². The van der Waals surface area contributed by atoms with E-state index in [1.54, 1.807) is 17.0 Å². The van der Waals surface area contributed by atoms with Crippen LogP contribution in [-0.2, 0) is 6.18 Å². The molecule has 1 aliphatic heterocycles. The lowest BCUT2D eigenvalue weighted by Crippen LogP contribution is -2.28. The third-order valence-corrected chi connectivity index (χ3v) is 4.81. The van der Waals surface area contributed by atoms with Crippen LogP contribution in [-0.4, -0.2) is 34.0 Å². The number of likely N-dealkylation sites (tertiary alicyclic amines) is 1. The summed E-state index contributed by atoms with van der Waals surface area (Å²) < 4.78 is 41.9. The Kier molecular flexibility index (Phi) is 4.62. The van der Waals surface area contributed by atoms with Crippen LogP contribution in [0.3, 0.4) is 0 Å². The summed E-state index contributed by atoms with van der Waals surface area (Å²) in [6.45, 7) is 1.31. The third kappa shape index (κ3) is 3.62. The standard InChI is InChI=1S/C20H16F3N3O2/c21-20(22,23)19-24-17(25-28-19)14-6-8-15(9-7-14)18(27)26-11-10-16(12-26)13-4-2-1-3-5-13/h1-9,16H,10-12H2/t16-/m0/s1.